The van der Waals surface area contributed by atoms with Crippen molar-refractivity contribution in [3.05, 3.63) is 54.1 Å². The summed E-state index contributed by atoms with van der Waals surface area (Å²) in [5.74, 6) is -0.340. The van der Waals surface area contributed by atoms with Crippen LogP contribution in [0.5, 0.6) is 0 Å². The summed E-state index contributed by atoms with van der Waals surface area (Å²) in [6.45, 7) is 0.708. The molecule has 6 nitrogen and oxygen atoms in total. The number of ether oxygens (including phenoxy) is 1. The fourth-order valence-corrected chi connectivity index (χ4v) is 3.69. The van der Waals surface area contributed by atoms with E-state index in [2.05, 4.69) is 0 Å². The van der Waals surface area contributed by atoms with E-state index in [1.165, 1.54) is 0 Å². The summed E-state index contributed by atoms with van der Waals surface area (Å²) in [4.78, 5) is 11.5. The number of carbonyl (C=O) groups is 1. The molecule has 4 aromatic rings. The third-order valence-electron chi connectivity index (χ3n) is 5.04. The topological polar surface area (TPSA) is 77.5 Å². The number of nitrogens with zero attached hydrogens (tertiary/aromatic N) is 2. The molecule has 1 aliphatic heterocycles. The molecular formula is C21H18N2O4. The Morgan fingerprint density at radius 2 is 2.04 bits per heavy atom. The number of carboxylic acids is 1. The summed E-state index contributed by atoms with van der Waals surface area (Å²) >= 11 is 0. The van der Waals surface area contributed by atoms with Crippen LogP contribution < -0.4 is 0 Å². The maximum Gasteiger partial charge on any atom is 0.335 e. The number of hydrogen-bond acceptors (Lipinski definition) is 4. The van der Waals surface area contributed by atoms with Gasteiger partial charge in [-0.05, 0) is 49.6 Å². The Labute approximate surface area is 155 Å². The minimum absolute atomic E-state index is 0.143. The zero-order valence-corrected chi connectivity index (χ0v) is 14.6. The molecule has 5 rings (SSSR count). The zero-order chi connectivity index (χ0) is 18.4. The van der Waals surface area contributed by atoms with Crippen molar-refractivity contribution >= 4 is 27.8 Å². The monoisotopic (exact) mass is 362 g/mol. The largest absolute Gasteiger partial charge is 0.478 e. The van der Waals surface area contributed by atoms with Crippen molar-refractivity contribution in [2.45, 2.75) is 25.5 Å². The highest BCUT2D eigenvalue weighted by Gasteiger charge is 2.23. The number of carboxylic acid groups (broad SMARTS) is 1. The Morgan fingerprint density at radius 1 is 1.15 bits per heavy atom. The van der Waals surface area contributed by atoms with Crippen molar-refractivity contribution in [3.63, 3.8) is 0 Å². The predicted octanol–water partition coefficient (Wildman–Crippen LogP) is 4.85. The molecule has 27 heavy (non-hydrogen) atoms. The molecule has 1 fully saturated rings. The first-order valence-electron chi connectivity index (χ1n) is 9.07. The molecule has 0 aliphatic carbocycles. The van der Waals surface area contributed by atoms with Gasteiger partial charge in [0, 0.05) is 17.4 Å². The number of aromatic carboxylic acids is 1. The molecule has 0 saturated carbocycles. The SMILES string of the molecule is O=C(O)c1ccc2c(c1)c(-c1cc3ccccc3o1)nn2C1CCCCO1. The minimum Gasteiger partial charge on any atom is -0.478 e. The van der Waals surface area contributed by atoms with Crippen LogP contribution in [0.15, 0.2) is 52.9 Å². The Kier molecular flexibility index (Phi) is 3.72. The van der Waals surface area contributed by atoms with E-state index in [1.807, 2.05) is 35.0 Å². The number of rotatable bonds is 3. The van der Waals surface area contributed by atoms with Crippen molar-refractivity contribution < 1.29 is 19.1 Å². The Hall–Kier alpha value is -3.12. The highest BCUT2D eigenvalue weighted by Crippen LogP contribution is 2.35. The Morgan fingerprint density at radius 3 is 2.81 bits per heavy atom. The summed E-state index contributed by atoms with van der Waals surface area (Å²) < 4.78 is 13.8. The molecule has 2 aromatic carbocycles. The summed E-state index contributed by atoms with van der Waals surface area (Å²) in [7, 11) is 0. The highest BCUT2D eigenvalue weighted by molar-refractivity contribution is 5.99. The molecule has 0 radical (unpaired) electrons. The molecular weight excluding hydrogens is 344 g/mol. The van der Waals surface area contributed by atoms with Gasteiger partial charge in [-0.3, -0.25) is 0 Å². The van der Waals surface area contributed by atoms with Crippen LogP contribution in [0.2, 0.25) is 0 Å². The fraction of sp³-hybridized carbons (Fsp3) is 0.238. The van der Waals surface area contributed by atoms with Crippen molar-refractivity contribution in [2.75, 3.05) is 6.61 Å². The van der Waals surface area contributed by atoms with Crippen LogP contribution in [-0.4, -0.2) is 27.5 Å². The zero-order valence-electron chi connectivity index (χ0n) is 14.6. The summed E-state index contributed by atoms with van der Waals surface area (Å²) in [5.41, 5.74) is 2.49. The van der Waals surface area contributed by atoms with Crippen LogP contribution in [0.3, 0.4) is 0 Å². The molecule has 1 atom stereocenters. The normalized spacial score (nSPS) is 17.6. The molecule has 3 heterocycles. The lowest BCUT2D eigenvalue weighted by atomic mass is 10.1. The van der Waals surface area contributed by atoms with E-state index in [0.29, 0.717) is 18.1 Å². The maximum atomic E-state index is 11.5. The van der Waals surface area contributed by atoms with Gasteiger partial charge in [0.2, 0.25) is 0 Å². The number of furan rings is 1. The predicted molar refractivity (Wildman–Crippen MR) is 101 cm³/mol. The van der Waals surface area contributed by atoms with E-state index in [1.54, 1.807) is 18.2 Å². The van der Waals surface area contributed by atoms with Crippen LogP contribution in [0, 0.1) is 0 Å². The van der Waals surface area contributed by atoms with Gasteiger partial charge >= 0.3 is 5.97 Å². The lowest BCUT2D eigenvalue weighted by Crippen LogP contribution is -2.19. The minimum atomic E-state index is -0.964. The molecule has 1 saturated heterocycles. The van der Waals surface area contributed by atoms with Crippen LogP contribution in [0.1, 0.15) is 35.8 Å². The lowest BCUT2D eigenvalue weighted by Gasteiger charge is -2.23. The highest BCUT2D eigenvalue weighted by atomic mass is 16.5. The van der Waals surface area contributed by atoms with Crippen molar-refractivity contribution in [3.8, 4) is 11.5 Å². The number of aromatic nitrogens is 2. The van der Waals surface area contributed by atoms with Crippen LogP contribution in [0.4, 0.5) is 0 Å². The van der Waals surface area contributed by atoms with Crippen LogP contribution >= 0.6 is 0 Å². The van der Waals surface area contributed by atoms with Crippen molar-refractivity contribution in [1.29, 1.82) is 0 Å². The number of benzene rings is 2. The van der Waals surface area contributed by atoms with Crippen molar-refractivity contribution in [1.82, 2.24) is 9.78 Å². The van der Waals surface area contributed by atoms with Gasteiger partial charge in [-0.15, -0.1) is 0 Å². The second-order valence-electron chi connectivity index (χ2n) is 6.80. The first-order valence-corrected chi connectivity index (χ1v) is 9.07. The van der Waals surface area contributed by atoms with E-state index >= 15 is 0 Å². The first kappa shape index (κ1) is 16.1. The maximum absolute atomic E-state index is 11.5. The number of hydrogen-bond donors (Lipinski definition) is 1. The second-order valence-corrected chi connectivity index (χ2v) is 6.80. The summed E-state index contributed by atoms with van der Waals surface area (Å²) in [6, 6.07) is 14.8. The molecule has 1 aliphatic rings. The van der Waals surface area contributed by atoms with E-state index in [9.17, 15) is 9.90 Å². The summed E-state index contributed by atoms with van der Waals surface area (Å²) in [5, 5.41) is 15.9. The molecule has 1 unspecified atom stereocenters. The fourth-order valence-electron chi connectivity index (χ4n) is 3.69. The molecule has 0 amide bonds. The number of para-hydroxylation sites is 1. The van der Waals surface area contributed by atoms with E-state index in [0.717, 1.165) is 41.1 Å². The quantitative estimate of drug-likeness (QED) is 0.564. The van der Waals surface area contributed by atoms with Gasteiger partial charge in [0.05, 0.1) is 11.1 Å². The molecule has 2 aromatic heterocycles. The first-order chi connectivity index (χ1) is 13.2. The molecule has 0 spiro atoms. The van der Waals surface area contributed by atoms with Gasteiger partial charge < -0.3 is 14.3 Å². The van der Waals surface area contributed by atoms with Gasteiger partial charge in [-0.25, -0.2) is 9.48 Å². The average Bonchev–Trinajstić information content (AvgIpc) is 3.29. The molecule has 6 heteroatoms. The van der Waals surface area contributed by atoms with Crippen LogP contribution in [0.25, 0.3) is 33.3 Å². The standard InChI is InChI=1S/C21H18N2O4/c24-21(25)14-8-9-16-15(11-14)20(22-23(16)19-7-3-4-10-26-19)18-12-13-5-1-2-6-17(13)27-18/h1-2,5-6,8-9,11-12,19H,3-4,7,10H2,(H,24,25). The Balaban J connectivity index is 1.73. The Bertz CT molecular complexity index is 1120. The van der Waals surface area contributed by atoms with E-state index in [4.69, 9.17) is 14.3 Å². The van der Waals surface area contributed by atoms with Crippen LogP contribution in [-0.2, 0) is 4.74 Å². The number of fused-ring (bicyclic) bond motifs is 2. The smallest absolute Gasteiger partial charge is 0.335 e. The lowest BCUT2D eigenvalue weighted by molar-refractivity contribution is -0.0365. The van der Waals surface area contributed by atoms with Gasteiger partial charge in [0.25, 0.3) is 0 Å². The molecule has 1 N–H and O–H groups in total. The van der Waals surface area contributed by atoms with E-state index < -0.39 is 5.97 Å². The summed E-state index contributed by atoms with van der Waals surface area (Å²) in [6.07, 6.45) is 2.88. The molecule has 0 bridgehead atoms. The van der Waals surface area contributed by atoms with Crippen molar-refractivity contribution in [2.24, 2.45) is 0 Å². The van der Waals surface area contributed by atoms with Gasteiger partial charge in [-0.2, -0.15) is 5.10 Å². The third kappa shape index (κ3) is 2.69. The van der Waals surface area contributed by atoms with Gasteiger partial charge in [-0.1, -0.05) is 18.2 Å². The molecule has 136 valence electrons. The average molecular weight is 362 g/mol. The third-order valence-corrected chi connectivity index (χ3v) is 5.04. The van der Waals surface area contributed by atoms with Gasteiger partial charge in [0.1, 0.15) is 11.3 Å². The second kappa shape index (κ2) is 6.25. The van der Waals surface area contributed by atoms with Gasteiger partial charge in [0.15, 0.2) is 12.0 Å². The van der Waals surface area contributed by atoms with E-state index in [-0.39, 0.29) is 11.8 Å².